The fraction of sp³-hybridized carbons (Fsp3) is 0.767. The Kier molecular flexibility index (Phi) is 27.6. The van der Waals surface area contributed by atoms with Crippen LogP contribution in [0, 0.1) is 11.8 Å². The van der Waals surface area contributed by atoms with Crippen LogP contribution in [0.3, 0.4) is 0 Å². The SMILES string of the molecule is CC(=O)OC[C@H]1O[C@@H](OCCCCCNC(=O)OCC(O)COC(=O)NCCCCCO[C@@H]2O[C@H](COC(C)=O)[C@H](OC(C)=O)[C@H](OC(C)=O)[C@H]2CC(N)=O)[C@H](CC(N)=O)[C@@H](OC(C)=O)[C@H]1OC(C)=O. The second-order valence-corrected chi connectivity index (χ2v) is 16.2. The molecule has 2 fully saturated rings. The zero-order chi connectivity index (χ0) is 52.3. The van der Waals surface area contributed by atoms with Gasteiger partial charge < -0.3 is 84.0 Å². The molecule has 10 atom stereocenters. The number of unbranched alkanes of at least 4 members (excludes halogenated alkanes) is 4. The van der Waals surface area contributed by atoms with Crippen molar-refractivity contribution >= 4 is 59.8 Å². The molecule has 0 unspecified atom stereocenters. The first-order valence-corrected chi connectivity index (χ1v) is 22.6. The van der Waals surface area contributed by atoms with E-state index in [1.165, 1.54) is 0 Å². The van der Waals surface area contributed by atoms with Crippen molar-refractivity contribution in [1.82, 2.24) is 10.6 Å². The van der Waals surface area contributed by atoms with Gasteiger partial charge in [0.2, 0.25) is 11.8 Å². The highest BCUT2D eigenvalue weighted by Gasteiger charge is 2.52. The van der Waals surface area contributed by atoms with Crippen molar-refractivity contribution in [2.45, 2.75) is 148 Å². The standard InChI is InChI=1S/C43H68N4O23/c1-23(48)61-21-32-38(67-27(5)52)36(65-25(3)50)30(17-34(44)55)40(69-32)59-15-11-7-9-13-46-42(57)63-19-29(54)20-64-43(58)47-14-10-8-12-16-60-41-31(18-35(45)56)37(66-26(4)51)39(68-28(6)53)33(70-41)22-62-24(2)49/h29-33,36-41,54H,7-22H2,1-6H3,(H2,44,55)(H2,45,56)(H,46,57)(H,47,58)/t30-,31-,32-,33-,36-,37-,38+,39+,40-,41-/m1/s1. The molecule has 2 rings (SSSR count). The largest absolute Gasteiger partial charge is 0.463 e. The van der Waals surface area contributed by atoms with Crippen molar-refractivity contribution in [3.8, 4) is 0 Å². The molecular weight excluding hydrogens is 940 g/mol. The maximum Gasteiger partial charge on any atom is 0.407 e. The maximum absolute atomic E-state index is 12.2. The minimum atomic E-state index is -1.33. The number of amides is 4. The Bertz CT molecular complexity index is 1630. The van der Waals surface area contributed by atoms with E-state index in [4.69, 9.17) is 68.3 Å². The van der Waals surface area contributed by atoms with Crippen LogP contribution in [0.15, 0.2) is 0 Å². The Morgan fingerprint density at radius 3 is 1.14 bits per heavy atom. The summed E-state index contributed by atoms with van der Waals surface area (Å²) >= 11 is 0. The molecule has 0 aromatic heterocycles. The predicted octanol–water partition coefficient (Wildman–Crippen LogP) is -0.540. The highest BCUT2D eigenvalue weighted by atomic mass is 16.7. The quantitative estimate of drug-likeness (QED) is 0.0343. The first-order valence-electron chi connectivity index (χ1n) is 22.6. The maximum atomic E-state index is 12.2. The molecule has 7 N–H and O–H groups in total. The lowest BCUT2D eigenvalue weighted by molar-refractivity contribution is -0.291. The van der Waals surface area contributed by atoms with Crippen LogP contribution in [-0.2, 0) is 95.2 Å². The van der Waals surface area contributed by atoms with Gasteiger partial charge in [-0.05, 0) is 38.5 Å². The summed E-state index contributed by atoms with van der Waals surface area (Å²) in [6, 6.07) is 0. The molecule has 4 amide bonds. The Labute approximate surface area is 404 Å². The summed E-state index contributed by atoms with van der Waals surface area (Å²) in [5.41, 5.74) is 10.9. The Morgan fingerprint density at radius 2 is 0.829 bits per heavy atom. The Balaban J connectivity index is 1.71. The lowest BCUT2D eigenvalue weighted by Crippen LogP contribution is -2.59. The summed E-state index contributed by atoms with van der Waals surface area (Å²) in [6.07, 6.45) is -10.4. The van der Waals surface area contributed by atoms with E-state index in [1.807, 2.05) is 0 Å². The van der Waals surface area contributed by atoms with Crippen LogP contribution in [0.5, 0.6) is 0 Å². The van der Waals surface area contributed by atoms with Gasteiger partial charge in [0.05, 0.1) is 11.8 Å². The van der Waals surface area contributed by atoms with E-state index in [9.17, 15) is 53.1 Å². The van der Waals surface area contributed by atoms with Gasteiger partial charge in [-0.25, -0.2) is 9.59 Å². The van der Waals surface area contributed by atoms with E-state index < -0.39 is 140 Å². The summed E-state index contributed by atoms with van der Waals surface area (Å²) in [5, 5.41) is 15.2. The van der Waals surface area contributed by atoms with E-state index in [2.05, 4.69) is 10.6 Å². The van der Waals surface area contributed by atoms with Crippen LogP contribution in [0.4, 0.5) is 9.59 Å². The number of nitrogens with one attached hydrogen (secondary N) is 2. The highest BCUT2D eigenvalue weighted by Crippen LogP contribution is 2.35. The van der Waals surface area contributed by atoms with Crippen LogP contribution < -0.4 is 22.1 Å². The zero-order valence-corrected chi connectivity index (χ0v) is 40.2. The average molecular weight is 1010 g/mol. The van der Waals surface area contributed by atoms with Gasteiger partial charge in [0.25, 0.3) is 0 Å². The number of aliphatic hydroxyl groups is 1. The molecule has 2 heterocycles. The van der Waals surface area contributed by atoms with Gasteiger partial charge in [-0.3, -0.25) is 38.4 Å². The summed E-state index contributed by atoms with van der Waals surface area (Å²) in [5.74, 6) is -7.77. The molecule has 2 saturated heterocycles. The van der Waals surface area contributed by atoms with Crippen molar-refractivity contribution in [3.05, 3.63) is 0 Å². The summed E-state index contributed by atoms with van der Waals surface area (Å²) in [7, 11) is 0. The smallest absolute Gasteiger partial charge is 0.407 e. The van der Waals surface area contributed by atoms with Gasteiger partial charge >= 0.3 is 48.0 Å². The Morgan fingerprint density at radius 1 is 0.486 bits per heavy atom. The molecule has 2 aliphatic rings. The van der Waals surface area contributed by atoms with Gasteiger partial charge in [0, 0.05) is 80.7 Å². The first kappa shape index (κ1) is 60.2. The molecule has 0 radical (unpaired) electrons. The summed E-state index contributed by atoms with van der Waals surface area (Å²) in [6.45, 7) is 5.64. The monoisotopic (exact) mass is 1010 g/mol. The second kappa shape index (κ2) is 32.1. The number of rotatable bonds is 30. The van der Waals surface area contributed by atoms with Crippen LogP contribution in [0.2, 0.25) is 0 Å². The van der Waals surface area contributed by atoms with Crippen LogP contribution in [0.25, 0.3) is 0 Å². The van der Waals surface area contributed by atoms with Crippen molar-refractivity contribution in [3.63, 3.8) is 0 Å². The number of esters is 6. The van der Waals surface area contributed by atoms with Gasteiger partial charge in [-0.15, -0.1) is 0 Å². The number of hydrogen-bond donors (Lipinski definition) is 5. The molecule has 0 spiro atoms. The molecule has 0 aromatic rings. The second-order valence-electron chi connectivity index (χ2n) is 16.2. The van der Waals surface area contributed by atoms with Crippen molar-refractivity contribution in [1.29, 1.82) is 0 Å². The van der Waals surface area contributed by atoms with Crippen molar-refractivity contribution in [2.75, 3.05) is 52.7 Å². The van der Waals surface area contributed by atoms with E-state index in [0.29, 0.717) is 38.5 Å². The normalized spacial score (nSPS) is 24.3. The van der Waals surface area contributed by atoms with Gasteiger partial charge in [0.1, 0.15) is 56.9 Å². The third kappa shape index (κ3) is 24.1. The zero-order valence-electron chi connectivity index (χ0n) is 40.2. The molecule has 2 aliphatic heterocycles. The number of ether oxygens (including phenoxy) is 12. The molecular formula is C43H68N4O23. The number of carbonyl (C=O) groups is 10. The van der Waals surface area contributed by atoms with Gasteiger partial charge in [-0.2, -0.15) is 0 Å². The topological polar surface area (TPSA) is 378 Å². The van der Waals surface area contributed by atoms with Crippen LogP contribution >= 0.6 is 0 Å². The van der Waals surface area contributed by atoms with Gasteiger partial charge in [0.15, 0.2) is 24.8 Å². The molecule has 70 heavy (non-hydrogen) atoms. The number of carbonyl (C=O) groups excluding carboxylic acids is 10. The lowest BCUT2D eigenvalue weighted by atomic mass is 9.87. The number of alkyl carbamates (subject to hydrolysis) is 2. The molecule has 0 aliphatic carbocycles. The summed E-state index contributed by atoms with van der Waals surface area (Å²) < 4.78 is 65.4. The molecule has 27 nitrogen and oxygen atoms in total. The van der Waals surface area contributed by atoms with Gasteiger partial charge in [-0.1, -0.05) is 0 Å². The molecule has 0 aromatic carbocycles. The van der Waals surface area contributed by atoms with Crippen molar-refractivity contribution in [2.24, 2.45) is 23.3 Å². The number of hydrogen-bond acceptors (Lipinski definition) is 23. The lowest BCUT2D eigenvalue weighted by Gasteiger charge is -2.44. The van der Waals surface area contributed by atoms with Crippen LogP contribution in [-0.4, -0.2) is 173 Å². The van der Waals surface area contributed by atoms with Crippen molar-refractivity contribution < 1.29 is 110 Å². The third-order valence-corrected chi connectivity index (χ3v) is 10.1. The molecule has 27 heteroatoms. The molecule has 0 saturated carbocycles. The number of nitrogens with two attached hydrogens (primary N) is 2. The minimum absolute atomic E-state index is 0.0778. The van der Waals surface area contributed by atoms with Crippen LogP contribution in [0.1, 0.15) is 92.9 Å². The van der Waals surface area contributed by atoms with E-state index >= 15 is 0 Å². The number of aliphatic hydroxyl groups excluding tert-OH is 1. The molecule has 398 valence electrons. The summed E-state index contributed by atoms with van der Waals surface area (Å²) in [4.78, 5) is 119. The predicted molar refractivity (Wildman–Crippen MR) is 232 cm³/mol. The number of primary amides is 2. The Hall–Kier alpha value is -5.90. The minimum Gasteiger partial charge on any atom is -0.463 e. The average Bonchev–Trinajstić information content (AvgIpc) is 3.25. The van der Waals surface area contributed by atoms with E-state index in [0.717, 1.165) is 41.5 Å². The fourth-order valence-corrected chi connectivity index (χ4v) is 7.25. The first-order chi connectivity index (χ1) is 33.1. The highest BCUT2D eigenvalue weighted by molar-refractivity contribution is 5.75. The van der Waals surface area contributed by atoms with E-state index in [-0.39, 0.29) is 52.4 Å². The van der Waals surface area contributed by atoms with E-state index in [1.54, 1.807) is 0 Å². The molecule has 0 bridgehead atoms. The fourth-order valence-electron chi connectivity index (χ4n) is 7.25. The third-order valence-electron chi connectivity index (χ3n) is 10.1.